The largest absolute Gasteiger partial charge is 0.481 e. The molecular weight excluding hydrogens is 333 g/mol. The number of likely N-dealkylation sites (tertiary alicyclic amines) is 1. The van der Waals surface area contributed by atoms with Gasteiger partial charge in [0.1, 0.15) is 5.82 Å². The summed E-state index contributed by atoms with van der Waals surface area (Å²) >= 11 is 6.10. The van der Waals surface area contributed by atoms with E-state index in [0.29, 0.717) is 30.0 Å². The minimum absolute atomic E-state index is 0.0142. The van der Waals surface area contributed by atoms with E-state index in [0.717, 1.165) is 19.3 Å². The van der Waals surface area contributed by atoms with Crippen molar-refractivity contribution in [1.82, 2.24) is 4.90 Å². The van der Waals surface area contributed by atoms with Crippen LogP contribution in [0.25, 0.3) is 0 Å². The van der Waals surface area contributed by atoms with E-state index in [-0.39, 0.29) is 36.0 Å². The highest BCUT2D eigenvalue weighted by Gasteiger charge is 2.48. The fraction of sp³-hybridized carbons (Fsp3) is 0.556. The smallest absolute Gasteiger partial charge is 0.303 e. The summed E-state index contributed by atoms with van der Waals surface area (Å²) in [5.74, 6) is -1.56. The molecule has 1 N–H and O–H groups in total. The zero-order valence-electron chi connectivity index (χ0n) is 13.4. The number of halogens is 2. The molecule has 0 aromatic heterocycles. The van der Waals surface area contributed by atoms with Gasteiger partial charge in [-0.1, -0.05) is 17.7 Å². The van der Waals surface area contributed by atoms with Crippen molar-refractivity contribution >= 4 is 23.5 Å². The summed E-state index contributed by atoms with van der Waals surface area (Å²) in [5.41, 5.74) is 0.441. The molecule has 130 valence electrons. The molecule has 6 heteroatoms. The number of amides is 1. The number of piperidine rings is 1. The van der Waals surface area contributed by atoms with E-state index >= 15 is 0 Å². The Morgan fingerprint density at radius 1 is 1.33 bits per heavy atom. The summed E-state index contributed by atoms with van der Waals surface area (Å²) in [6, 6.07) is 4.57. The maximum absolute atomic E-state index is 14.0. The van der Waals surface area contributed by atoms with Crippen molar-refractivity contribution in [2.75, 3.05) is 6.54 Å². The first kappa shape index (κ1) is 17.2. The van der Waals surface area contributed by atoms with E-state index in [9.17, 15) is 14.0 Å². The van der Waals surface area contributed by atoms with Crippen LogP contribution >= 0.6 is 11.6 Å². The Morgan fingerprint density at radius 2 is 2.12 bits per heavy atom. The molecular formula is C18H21ClFNO3. The van der Waals surface area contributed by atoms with Crippen LogP contribution in [0.4, 0.5) is 4.39 Å². The predicted molar refractivity (Wildman–Crippen MR) is 88.5 cm³/mol. The number of carbonyl (C=O) groups excluding carboxylic acids is 1. The molecule has 1 saturated heterocycles. The van der Waals surface area contributed by atoms with Crippen molar-refractivity contribution in [3.63, 3.8) is 0 Å². The number of carboxylic acid groups (broad SMARTS) is 1. The van der Waals surface area contributed by atoms with E-state index in [1.54, 1.807) is 12.1 Å². The van der Waals surface area contributed by atoms with Crippen LogP contribution in [0.2, 0.25) is 5.02 Å². The molecule has 0 radical (unpaired) electrons. The molecule has 1 aliphatic heterocycles. The third-order valence-electron chi connectivity index (χ3n) is 5.08. The van der Waals surface area contributed by atoms with Crippen molar-refractivity contribution in [2.45, 2.75) is 50.5 Å². The molecule has 3 rings (SSSR count). The van der Waals surface area contributed by atoms with Crippen LogP contribution in [0.1, 0.15) is 50.0 Å². The highest BCUT2D eigenvalue weighted by Crippen LogP contribution is 2.51. The fourth-order valence-electron chi connectivity index (χ4n) is 3.75. The van der Waals surface area contributed by atoms with Crippen molar-refractivity contribution in [2.24, 2.45) is 5.92 Å². The number of aliphatic carboxylic acids is 1. The van der Waals surface area contributed by atoms with Crippen molar-refractivity contribution < 1.29 is 19.1 Å². The van der Waals surface area contributed by atoms with Gasteiger partial charge in [-0.05, 0) is 44.2 Å². The second kappa shape index (κ2) is 7.09. The van der Waals surface area contributed by atoms with E-state index in [1.807, 2.05) is 4.90 Å². The zero-order valence-corrected chi connectivity index (χ0v) is 14.1. The number of carboxylic acids is 1. The quantitative estimate of drug-likeness (QED) is 0.875. The first-order valence-corrected chi connectivity index (χ1v) is 8.83. The monoisotopic (exact) mass is 353 g/mol. The summed E-state index contributed by atoms with van der Waals surface area (Å²) in [6.45, 7) is 0.664. The van der Waals surface area contributed by atoms with Gasteiger partial charge >= 0.3 is 5.97 Å². The summed E-state index contributed by atoms with van der Waals surface area (Å²) in [5, 5.41) is 9.25. The van der Waals surface area contributed by atoms with Gasteiger partial charge in [0.2, 0.25) is 5.91 Å². The third-order valence-corrected chi connectivity index (χ3v) is 5.41. The Morgan fingerprint density at radius 3 is 2.83 bits per heavy atom. The molecule has 3 atom stereocenters. The van der Waals surface area contributed by atoms with Crippen molar-refractivity contribution in [1.29, 1.82) is 0 Å². The lowest BCUT2D eigenvalue weighted by Gasteiger charge is -2.36. The molecule has 24 heavy (non-hydrogen) atoms. The van der Waals surface area contributed by atoms with Crippen LogP contribution in [-0.4, -0.2) is 34.5 Å². The van der Waals surface area contributed by atoms with Gasteiger partial charge in [-0.2, -0.15) is 0 Å². The van der Waals surface area contributed by atoms with Crippen LogP contribution in [-0.2, 0) is 9.59 Å². The van der Waals surface area contributed by atoms with Crippen LogP contribution in [0.15, 0.2) is 18.2 Å². The molecule has 2 fully saturated rings. The number of rotatable bonds is 5. The van der Waals surface area contributed by atoms with E-state index in [4.69, 9.17) is 16.7 Å². The lowest BCUT2D eigenvalue weighted by atomic mass is 9.97. The number of nitrogens with zero attached hydrogens (tertiary/aromatic N) is 1. The Bertz CT molecular complexity index is 631. The van der Waals surface area contributed by atoms with Crippen molar-refractivity contribution in [3.05, 3.63) is 34.6 Å². The van der Waals surface area contributed by atoms with Gasteiger partial charge in [0.15, 0.2) is 0 Å². The summed E-state index contributed by atoms with van der Waals surface area (Å²) in [7, 11) is 0. The van der Waals surface area contributed by atoms with Gasteiger partial charge in [-0.3, -0.25) is 9.59 Å². The second-order valence-electron chi connectivity index (χ2n) is 6.70. The first-order valence-electron chi connectivity index (χ1n) is 8.45. The summed E-state index contributed by atoms with van der Waals surface area (Å²) < 4.78 is 14.0. The van der Waals surface area contributed by atoms with E-state index in [2.05, 4.69) is 0 Å². The number of benzene rings is 1. The average molecular weight is 354 g/mol. The fourth-order valence-corrected chi connectivity index (χ4v) is 4.05. The van der Waals surface area contributed by atoms with Gasteiger partial charge in [0.25, 0.3) is 0 Å². The van der Waals surface area contributed by atoms with Crippen LogP contribution < -0.4 is 0 Å². The minimum atomic E-state index is -0.838. The molecule has 1 amide bonds. The predicted octanol–water partition coefficient (Wildman–Crippen LogP) is 3.83. The molecule has 1 saturated carbocycles. The SMILES string of the molecule is O=C(O)CCC1CCCCN1C(=O)C1CC1c1c(F)cccc1Cl. The number of hydrogen-bond acceptors (Lipinski definition) is 2. The molecule has 3 unspecified atom stereocenters. The molecule has 4 nitrogen and oxygen atoms in total. The molecule has 1 aromatic rings. The Kier molecular flexibility index (Phi) is 5.09. The normalized spacial score (nSPS) is 26.2. The van der Waals surface area contributed by atoms with Crippen LogP contribution in [0, 0.1) is 11.7 Å². The summed E-state index contributed by atoms with van der Waals surface area (Å²) in [6.07, 6.45) is 3.97. The molecule has 1 aliphatic carbocycles. The minimum Gasteiger partial charge on any atom is -0.481 e. The third kappa shape index (κ3) is 3.56. The Balaban J connectivity index is 1.69. The number of carbonyl (C=O) groups is 2. The Hall–Kier alpha value is -1.62. The van der Waals surface area contributed by atoms with E-state index in [1.165, 1.54) is 6.07 Å². The topological polar surface area (TPSA) is 57.6 Å². The maximum Gasteiger partial charge on any atom is 0.303 e. The van der Waals surface area contributed by atoms with Gasteiger partial charge in [0, 0.05) is 41.4 Å². The lowest BCUT2D eigenvalue weighted by molar-refractivity contribution is -0.140. The highest BCUT2D eigenvalue weighted by atomic mass is 35.5. The Labute approximate surface area is 145 Å². The molecule has 2 aliphatic rings. The highest BCUT2D eigenvalue weighted by molar-refractivity contribution is 6.31. The molecule has 0 bridgehead atoms. The second-order valence-corrected chi connectivity index (χ2v) is 7.10. The lowest BCUT2D eigenvalue weighted by Crippen LogP contribution is -2.44. The molecule has 1 heterocycles. The average Bonchev–Trinajstić information content (AvgIpc) is 3.32. The standard InChI is InChI=1S/C18H21ClFNO3/c19-14-5-3-6-15(20)17(14)12-10-13(12)18(24)21-9-2-1-4-11(21)7-8-16(22)23/h3,5-6,11-13H,1-2,4,7-10H2,(H,22,23). The maximum atomic E-state index is 14.0. The van der Waals surface area contributed by atoms with Crippen molar-refractivity contribution in [3.8, 4) is 0 Å². The van der Waals surface area contributed by atoms with Crippen LogP contribution in [0.5, 0.6) is 0 Å². The number of hydrogen-bond donors (Lipinski definition) is 1. The zero-order chi connectivity index (χ0) is 17.3. The van der Waals surface area contributed by atoms with Gasteiger partial charge in [0.05, 0.1) is 0 Å². The van der Waals surface area contributed by atoms with Gasteiger partial charge in [-0.15, -0.1) is 0 Å². The van der Waals surface area contributed by atoms with Crippen LogP contribution in [0.3, 0.4) is 0 Å². The first-order chi connectivity index (χ1) is 11.5. The van der Waals surface area contributed by atoms with Gasteiger partial charge in [-0.25, -0.2) is 4.39 Å². The molecule has 1 aromatic carbocycles. The molecule has 0 spiro atoms. The van der Waals surface area contributed by atoms with E-state index < -0.39 is 5.97 Å². The summed E-state index contributed by atoms with van der Waals surface area (Å²) in [4.78, 5) is 25.5. The van der Waals surface area contributed by atoms with Gasteiger partial charge < -0.3 is 10.0 Å².